The Hall–Kier alpha value is -6.18. The molecule has 6 aromatic rings. The van der Waals surface area contributed by atoms with Crippen LogP contribution >= 0.6 is 0 Å². The number of carbonyl (C=O) groups excluding carboxylic acids is 1. The first-order valence-corrected chi connectivity index (χ1v) is 17.8. The van der Waals surface area contributed by atoms with E-state index in [-0.39, 0.29) is 23.4 Å². The first kappa shape index (κ1) is 36.8. The lowest BCUT2D eigenvalue weighted by Gasteiger charge is -2.20. The second-order valence-corrected chi connectivity index (χ2v) is 13.5. The number of carbonyl (C=O) groups is 1. The van der Waals surface area contributed by atoms with Crippen molar-refractivity contribution in [1.29, 1.82) is 0 Å². The molecule has 0 bridgehead atoms. The lowest BCUT2D eigenvalue weighted by Crippen LogP contribution is -2.35. The van der Waals surface area contributed by atoms with Gasteiger partial charge >= 0.3 is 12.7 Å². The third kappa shape index (κ3) is 7.55. The number of aliphatic imine (C=N–C) groups is 1. The Morgan fingerprint density at radius 3 is 1.80 bits per heavy atom. The monoisotopic (exact) mass is 773 g/mol. The molecule has 0 spiro atoms. The van der Waals surface area contributed by atoms with Crippen LogP contribution in [0.4, 0.5) is 32.0 Å². The Bertz CT molecular complexity index is 2340. The van der Waals surface area contributed by atoms with Gasteiger partial charge in [0.1, 0.15) is 11.5 Å². The topological polar surface area (TPSA) is 74.5 Å². The van der Waals surface area contributed by atoms with E-state index in [0.717, 1.165) is 45.8 Å². The Labute approximate surface area is 316 Å². The van der Waals surface area contributed by atoms with Crippen molar-refractivity contribution in [2.75, 3.05) is 20.3 Å². The Morgan fingerprint density at radius 1 is 0.714 bits per heavy atom. The van der Waals surface area contributed by atoms with Crippen molar-refractivity contribution < 1.29 is 50.1 Å². The number of ether oxygens (including phenoxy) is 4. The predicted molar refractivity (Wildman–Crippen MR) is 199 cm³/mol. The first-order chi connectivity index (χ1) is 26.8. The maximum atomic E-state index is 13.3. The Morgan fingerprint density at radius 2 is 1.27 bits per heavy atom. The minimum Gasteiger partial charge on any atom is -0.493 e. The SMILES string of the molecule is COc1cc2c(cc1OCCCn1c3ccc(-c4ccc(OC(F)(F)F)cc4)cc3c3cc(-c4ccc(OC(F)(F)F)cc4)ccc31)N=C[C@@H]1CCCN1C2=O. The van der Waals surface area contributed by atoms with Gasteiger partial charge < -0.3 is 28.4 Å². The average molecular weight is 774 g/mol. The van der Waals surface area contributed by atoms with Gasteiger partial charge in [0.25, 0.3) is 5.91 Å². The lowest BCUT2D eigenvalue weighted by atomic mass is 10.00. The summed E-state index contributed by atoms with van der Waals surface area (Å²) in [5, 5.41) is 1.73. The van der Waals surface area contributed by atoms with Crippen LogP contribution in [0, 0.1) is 0 Å². The van der Waals surface area contributed by atoms with E-state index in [0.29, 0.717) is 60.0 Å². The fourth-order valence-electron chi connectivity index (χ4n) is 7.43. The number of aryl methyl sites for hydroxylation is 1. The second kappa shape index (κ2) is 14.5. The maximum Gasteiger partial charge on any atom is 0.573 e. The van der Waals surface area contributed by atoms with Crippen molar-refractivity contribution in [2.24, 2.45) is 4.99 Å². The van der Waals surface area contributed by atoms with Gasteiger partial charge in [-0.2, -0.15) is 0 Å². The zero-order valence-corrected chi connectivity index (χ0v) is 29.8. The molecule has 0 saturated carbocycles. The minimum atomic E-state index is -4.81. The van der Waals surface area contributed by atoms with E-state index in [1.807, 2.05) is 47.5 Å². The summed E-state index contributed by atoms with van der Waals surface area (Å²) < 4.78 is 98.7. The van der Waals surface area contributed by atoms with Crippen molar-refractivity contribution in [2.45, 2.75) is 44.6 Å². The quantitative estimate of drug-likeness (QED) is 0.102. The molecule has 2 aliphatic rings. The number of benzene rings is 5. The number of halogens is 6. The van der Waals surface area contributed by atoms with Gasteiger partial charge in [0, 0.05) is 47.2 Å². The highest BCUT2D eigenvalue weighted by Crippen LogP contribution is 2.40. The summed E-state index contributed by atoms with van der Waals surface area (Å²) in [6, 6.07) is 26.2. The van der Waals surface area contributed by atoms with Gasteiger partial charge in [-0.25, -0.2) is 0 Å². The van der Waals surface area contributed by atoms with Crippen molar-refractivity contribution >= 4 is 39.6 Å². The molecule has 0 radical (unpaired) electrons. The van der Waals surface area contributed by atoms with E-state index in [1.54, 1.807) is 36.4 Å². The van der Waals surface area contributed by atoms with Gasteiger partial charge in [-0.3, -0.25) is 9.79 Å². The number of nitrogens with zero attached hydrogens (tertiary/aromatic N) is 3. The number of hydrogen-bond donors (Lipinski definition) is 0. The highest BCUT2D eigenvalue weighted by atomic mass is 19.4. The van der Waals surface area contributed by atoms with E-state index in [4.69, 9.17) is 9.47 Å². The predicted octanol–water partition coefficient (Wildman–Crippen LogP) is 10.7. The van der Waals surface area contributed by atoms with Crippen LogP contribution in [0.1, 0.15) is 29.6 Å². The third-order valence-electron chi connectivity index (χ3n) is 9.95. The first-order valence-electron chi connectivity index (χ1n) is 17.8. The van der Waals surface area contributed by atoms with Gasteiger partial charge in [0.15, 0.2) is 11.5 Å². The zero-order valence-electron chi connectivity index (χ0n) is 29.8. The molecule has 56 heavy (non-hydrogen) atoms. The maximum absolute atomic E-state index is 13.3. The summed E-state index contributed by atoms with van der Waals surface area (Å²) >= 11 is 0. The number of aromatic nitrogens is 1. The fraction of sp³-hybridized carbons (Fsp3) is 0.238. The number of amides is 1. The van der Waals surface area contributed by atoms with Gasteiger partial charge in [0.05, 0.1) is 31.0 Å². The van der Waals surface area contributed by atoms with Crippen molar-refractivity contribution in [1.82, 2.24) is 9.47 Å². The smallest absolute Gasteiger partial charge is 0.493 e. The van der Waals surface area contributed by atoms with E-state index in [1.165, 1.54) is 31.4 Å². The molecule has 8 nitrogen and oxygen atoms in total. The summed E-state index contributed by atoms with van der Waals surface area (Å²) in [5.41, 5.74) is 5.64. The number of alkyl halides is 6. The summed E-state index contributed by atoms with van der Waals surface area (Å²) in [6.07, 6.45) is -5.43. The highest BCUT2D eigenvalue weighted by molar-refractivity contribution is 6.10. The van der Waals surface area contributed by atoms with E-state index < -0.39 is 12.7 Å². The summed E-state index contributed by atoms with van der Waals surface area (Å²) in [4.78, 5) is 19.7. The molecule has 5 aromatic carbocycles. The van der Waals surface area contributed by atoms with E-state index >= 15 is 0 Å². The van der Waals surface area contributed by atoms with Crippen molar-refractivity contribution in [3.63, 3.8) is 0 Å². The molecule has 0 unspecified atom stereocenters. The molecular formula is C42H33F6N3O5. The normalized spacial score (nSPS) is 15.5. The summed E-state index contributed by atoms with van der Waals surface area (Å²) in [7, 11) is 1.52. The molecule has 14 heteroatoms. The van der Waals surface area contributed by atoms with Crippen LogP contribution < -0.4 is 18.9 Å². The number of fused-ring (bicyclic) bond motifs is 5. The molecule has 1 aromatic heterocycles. The van der Waals surface area contributed by atoms with E-state index in [9.17, 15) is 31.1 Å². The third-order valence-corrected chi connectivity index (χ3v) is 9.95. The van der Waals surface area contributed by atoms with Crippen LogP contribution in [-0.4, -0.2) is 60.6 Å². The molecule has 1 saturated heterocycles. The standard InChI is InChI=1S/C42H33F6N3O5/c1-53-38-22-34-35(49-24-29-4-2-17-50(29)40(34)52)23-39(38)54-19-3-18-51-36-15-9-27(25-5-11-30(12-6-25)55-41(43,44)45)20-32(36)33-21-28(10-16-37(33)51)26-7-13-31(14-8-26)56-42(46,47)48/h5-16,20-24,29H,2-4,17-19H2,1H3/t29-/m0/s1. The molecular weight excluding hydrogens is 740 g/mol. The van der Waals surface area contributed by atoms with E-state index in [2.05, 4.69) is 19.0 Å². The molecule has 0 N–H and O–H groups in total. The van der Waals surface area contributed by atoms with Crippen molar-refractivity contribution in [3.8, 4) is 45.3 Å². The summed E-state index contributed by atoms with van der Waals surface area (Å²) in [5.74, 6) is 0.151. The second-order valence-electron chi connectivity index (χ2n) is 13.5. The fourth-order valence-corrected chi connectivity index (χ4v) is 7.43. The van der Waals surface area contributed by atoms with Crippen LogP contribution in [0.2, 0.25) is 0 Å². The number of hydrogen-bond acceptors (Lipinski definition) is 6. The largest absolute Gasteiger partial charge is 0.573 e. The number of methoxy groups -OCH3 is 1. The number of rotatable bonds is 10. The molecule has 1 atom stereocenters. The van der Waals surface area contributed by atoms with Gasteiger partial charge in [-0.05, 0) is 96.1 Å². The molecule has 8 rings (SSSR count). The van der Waals surface area contributed by atoms with Gasteiger partial charge in [0.2, 0.25) is 0 Å². The van der Waals surface area contributed by atoms with Crippen LogP contribution in [0.15, 0.2) is 102 Å². The van der Waals surface area contributed by atoms with Gasteiger partial charge in [-0.15, -0.1) is 26.3 Å². The van der Waals surface area contributed by atoms with Crippen LogP contribution in [0.3, 0.4) is 0 Å². The average Bonchev–Trinajstić information content (AvgIpc) is 3.73. The molecule has 2 aliphatic heterocycles. The van der Waals surface area contributed by atoms with Crippen LogP contribution in [0.25, 0.3) is 44.1 Å². The Balaban J connectivity index is 1.09. The van der Waals surface area contributed by atoms with Crippen molar-refractivity contribution in [3.05, 3.63) is 103 Å². The summed E-state index contributed by atoms with van der Waals surface area (Å²) in [6.45, 7) is 1.52. The minimum absolute atomic E-state index is 0.0273. The zero-order chi connectivity index (χ0) is 39.2. The molecule has 0 aliphatic carbocycles. The highest BCUT2D eigenvalue weighted by Gasteiger charge is 2.33. The molecule has 1 fully saturated rings. The van der Waals surface area contributed by atoms with Crippen LogP contribution in [-0.2, 0) is 6.54 Å². The Kier molecular flexibility index (Phi) is 9.51. The molecule has 3 heterocycles. The molecule has 1 amide bonds. The van der Waals surface area contributed by atoms with Gasteiger partial charge in [-0.1, -0.05) is 36.4 Å². The van der Waals surface area contributed by atoms with Crippen LogP contribution in [0.5, 0.6) is 23.0 Å². The lowest BCUT2D eigenvalue weighted by molar-refractivity contribution is -0.275. The molecule has 288 valence electrons.